The van der Waals surface area contributed by atoms with Crippen molar-refractivity contribution < 1.29 is 14.3 Å². The lowest BCUT2D eigenvalue weighted by molar-refractivity contribution is -0.133. The maximum atomic E-state index is 11.1. The summed E-state index contributed by atoms with van der Waals surface area (Å²) in [6.07, 6.45) is 3.18. The lowest BCUT2D eigenvalue weighted by Gasteiger charge is -2.08. The first-order valence-corrected chi connectivity index (χ1v) is 5.21. The predicted octanol–water partition coefficient (Wildman–Crippen LogP) is 0.311. The summed E-state index contributed by atoms with van der Waals surface area (Å²) in [4.78, 5) is 21.0. The molecule has 0 fully saturated rings. The first-order chi connectivity index (χ1) is 7.07. The van der Waals surface area contributed by atoms with Gasteiger partial charge in [-0.1, -0.05) is 6.42 Å². The van der Waals surface area contributed by atoms with Crippen molar-refractivity contribution in [1.82, 2.24) is 0 Å². The van der Waals surface area contributed by atoms with Crippen LogP contribution >= 0.6 is 0 Å². The van der Waals surface area contributed by atoms with Gasteiger partial charge in [0.05, 0.1) is 6.04 Å². The molecule has 2 atom stereocenters. The summed E-state index contributed by atoms with van der Waals surface area (Å²) >= 11 is 0. The molecule has 0 spiro atoms. The maximum Gasteiger partial charge on any atom is 0.294 e. The Labute approximate surface area is 90.1 Å². The molecule has 0 aromatic carbocycles. The van der Waals surface area contributed by atoms with Gasteiger partial charge in [-0.05, 0) is 26.2 Å². The van der Waals surface area contributed by atoms with Gasteiger partial charge in [-0.25, -0.2) is 0 Å². The number of hydrogen-bond acceptors (Lipinski definition) is 5. The van der Waals surface area contributed by atoms with E-state index in [1.807, 2.05) is 0 Å². The standard InChI is InChI=1S/C10H20N2O3/c1-8(11)9(14)5-3-2-4-6-10(12)15-7-13/h7-8,10H,2-6,11-12H2,1H3/t8?,10-/m1/s1. The second-order valence-corrected chi connectivity index (χ2v) is 3.63. The van der Waals surface area contributed by atoms with Crippen molar-refractivity contribution in [2.75, 3.05) is 0 Å². The monoisotopic (exact) mass is 216 g/mol. The van der Waals surface area contributed by atoms with E-state index in [0.29, 0.717) is 19.3 Å². The third-order valence-corrected chi connectivity index (χ3v) is 2.15. The van der Waals surface area contributed by atoms with Crippen molar-refractivity contribution in [1.29, 1.82) is 0 Å². The van der Waals surface area contributed by atoms with Crippen molar-refractivity contribution in [3.63, 3.8) is 0 Å². The first kappa shape index (κ1) is 14.1. The number of ketones is 1. The molecule has 0 aliphatic heterocycles. The zero-order chi connectivity index (χ0) is 11.7. The van der Waals surface area contributed by atoms with Crippen LogP contribution in [0.1, 0.15) is 39.0 Å². The molecule has 0 aliphatic carbocycles. The SMILES string of the molecule is CC(N)C(=O)CCCCC[C@H](N)OC=O. The molecular weight excluding hydrogens is 196 g/mol. The average molecular weight is 216 g/mol. The molecule has 4 N–H and O–H groups in total. The van der Waals surface area contributed by atoms with Crippen molar-refractivity contribution in [3.05, 3.63) is 0 Å². The van der Waals surface area contributed by atoms with Crippen molar-refractivity contribution in [3.8, 4) is 0 Å². The van der Waals surface area contributed by atoms with E-state index in [9.17, 15) is 9.59 Å². The molecule has 0 rings (SSSR count). The molecule has 5 heteroatoms. The van der Waals surface area contributed by atoms with Crippen molar-refractivity contribution >= 4 is 12.3 Å². The Morgan fingerprint density at radius 1 is 1.33 bits per heavy atom. The van der Waals surface area contributed by atoms with Crippen LogP contribution in [0, 0.1) is 0 Å². The topological polar surface area (TPSA) is 95.4 Å². The van der Waals surface area contributed by atoms with Crippen LogP contribution in [-0.4, -0.2) is 24.5 Å². The summed E-state index contributed by atoms with van der Waals surface area (Å²) in [5.74, 6) is 0.0865. The summed E-state index contributed by atoms with van der Waals surface area (Å²) in [6.45, 7) is 2.04. The smallest absolute Gasteiger partial charge is 0.294 e. The molecule has 0 aromatic heterocycles. The normalized spacial score (nSPS) is 14.3. The molecule has 0 amide bonds. The summed E-state index contributed by atoms with van der Waals surface area (Å²) in [5.41, 5.74) is 10.8. The second kappa shape index (κ2) is 8.38. The fourth-order valence-corrected chi connectivity index (χ4v) is 1.19. The fourth-order valence-electron chi connectivity index (χ4n) is 1.19. The Hall–Kier alpha value is -0.940. The number of carbonyl (C=O) groups is 2. The van der Waals surface area contributed by atoms with E-state index in [2.05, 4.69) is 4.74 Å². The first-order valence-electron chi connectivity index (χ1n) is 5.21. The van der Waals surface area contributed by atoms with Crippen LogP contribution in [-0.2, 0) is 14.3 Å². The fraction of sp³-hybridized carbons (Fsp3) is 0.800. The minimum absolute atomic E-state index is 0.0865. The van der Waals surface area contributed by atoms with Gasteiger partial charge in [0.2, 0.25) is 0 Å². The van der Waals surface area contributed by atoms with Gasteiger partial charge >= 0.3 is 0 Å². The van der Waals surface area contributed by atoms with Gasteiger partial charge in [-0.3, -0.25) is 15.3 Å². The molecular formula is C10H20N2O3. The van der Waals surface area contributed by atoms with E-state index < -0.39 is 6.23 Å². The molecule has 1 unspecified atom stereocenters. The number of ether oxygens (including phenoxy) is 1. The van der Waals surface area contributed by atoms with Crippen LogP contribution in [0.2, 0.25) is 0 Å². The van der Waals surface area contributed by atoms with E-state index >= 15 is 0 Å². The Morgan fingerprint density at radius 2 is 2.00 bits per heavy atom. The molecule has 0 bridgehead atoms. The largest absolute Gasteiger partial charge is 0.449 e. The molecule has 0 saturated heterocycles. The maximum absolute atomic E-state index is 11.1. The lowest BCUT2D eigenvalue weighted by Crippen LogP contribution is -2.26. The van der Waals surface area contributed by atoms with Gasteiger partial charge in [0.15, 0.2) is 6.23 Å². The third-order valence-electron chi connectivity index (χ3n) is 2.15. The molecule has 0 radical (unpaired) electrons. The van der Waals surface area contributed by atoms with Gasteiger partial charge in [0.25, 0.3) is 6.47 Å². The van der Waals surface area contributed by atoms with Gasteiger partial charge in [0.1, 0.15) is 5.78 Å². The highest BCUT2D eigenvalue weighted by atomic mass is 16.5. The van der Waals surface area contributed by atoms with Crippen molar-refractivity contribution in [2.45, 2.75) is 51.3 Å². The van der Waals surface area contributed by atoms with Gasteiger partial charge < -0.3 is 10.5 Å². The predicted molar refractivity (Wildman–Crippen MR) is 56.9 cm³/mol. The Bertz CT molecular complexity index is 195. The molecule has 15 heavy (non-hydrogen) atoms. The third kappa shape index (κ3) is 8.08. The quantitative estimate of drug-likeness (QED) is 0.328. The Morgan fingerprint density at radius 3 is 2.53 bits per heavy atom. The minimum Gasteiger partial charge on any atom is -0.449 e. The van der Waals surface area contributed by atoms with E-state index in [1.165, 1.54) is 0 Å². The Kier molecular flexibility index (Phi) is 7.85. The van der Waals surface area contributed by atoms with Crippen LogP contribution in [0.25, 0.3) is 0 Å². The number of carbonyl (C=O) groups excluding carboxylic acids is 2. The summed E-state index contributed by atoms with van der Waals surface area (Å²) in [5, 5.41) is 0. The summed E-state index contributed by atoms with van der Waals surface area (Å²) in [7, 11) is 0. The number of hydrogen-bond donors (Lipinski definition) is 2. The van der Waals surface area contributed by atoms with Crippen LogP contribution in [0.3, 0.4) is 0 Å². The average Bonchev–Trinajstić information content (AvgIpc) is 2.17. The molecule has 5 nitrogen and oxygen atoms in total. The molecule has 0 heterocycles. The van der Waals surface area contributed by atoms with E-state index in [0.717, 1.165) is 19.3 Å². The highest BCUT2D eigenvalue weighted by molar-refractivity contribution is 5.83. The van der Waals surface area contributed by atoms with Crippen LogP contribution in [0.4, 0.5) is 0 Å². The number of nitrogens with two attached hydrogens (primary N) is 2. The summed E-state index contributed by atoms with van der Waals surface area (Å²) in [6, 6.07) is -0.370. The van der Waals surface area contributed by atoms with Crippen LogP contribution in [0.5, 0.6) is 0 Å². The molecule has 0 aliphatic rings. The summed E-state index contributed by atoms with van der Waals surface area (Å²) < 4.78 is 4.52. The highest BCUT2D eigenvalue weighted by Crippen LogP contribution is 2.06. The molecule has 0 saturated carbocycles. The van der Waals surface area contributed by atoms with Crippen LogP contribution in [0.15, 0.2) is 0 Å². The molecule has 0 aromatic rings. The van der Waals surface area contributed by atoms with Gasteiger partial charge in [-0.2, -0.15) is 0 Å². The number of Topliss-reactive ketones (excluding diaryl/α,β-unsaturated/α-hetero) is 1. The zero-order valence-corrected chi connectivity index (χ0v) is 9.15. The van der Waals surface area contributed by atoms with E-state index in [4.69, 9.17) is 11.5 Å². The van der Waals surface area contributed by atoms with Crippen molar-refractivity contribution in [2.24, 2.45) is 11.5 Å². The van der Waals surface area contributed by atoms with E-state index in [-0.39, 0.29) is 11.8 Å². The van der Waals surface area contributed by atoms with E-state index in [1.54, 1.807) is 6.92 Å². The van der Waals surface area contributed by atoms with Gasteiger partial charge in [-0.15, -0.1) is 0 Å². The number of unbranched alkanes of at least 4 members (excludes halogenated alkanes) is 2. The van der Waals surface area contributed by atoms with Crippen LogP contribution < -0.4 is 11.5 Å². The minimum atomic E-state index is -0.522. The molecule has 88 valence electrons. The van der Waals surface area contributed by atoms with Gasteiger partial charge in [0, 0.05) is 6.42 Å². The highest BCUT2D eigenvalue weighted by Gasteiger charge is 2.07. The number of rotatable bonds is 9. The Balaban J connectivity index is 3.32. The zero-order valence-electron chi connectivity index (χ0n) is 9.15. The lowest BCUT2D eigenvalue weighted by atomic mass is 10.1. The second-order valence-electron chi connectivity index (χ2n) is 3.63.